The second kappa shape index (κ2) is 6.04. The lowest BCUT2D eigenvalue weighted by Crippen LogP contribution is -2.22. The smallest absolute Gasteiger partial charge is 0.105 e. The molecule has 1 aliphatic rings. The average Bonchev–Trinajstić information content (AvgIpc) is 2.68. The van der Waals surface area contributed by atoms with Gasteiger partial charge in [-0.05, 0) is 42.2 Å². The molecule has 0 saturated carbocycles. The Balaban J connectivity index is 1.91. The van der Waals surface area contributed by atoms with Crippen LogP contribution in [-0.4, -0.2) is 11.5 Å². The van der Waals surface area contributed by atoms with Crippen molar-refractivity contribution in [2.75, 3.05) is 11.4 Å². The number of fused-ring (bicyclic) bond motifs is 1. The first kappa shape index (κ1) is 14.4. The van der Waals surface area contributed by atoms with Crippen LogP contribution in [0.4, 0.5) is 5.69 Å². The lowest BCUT2D eigenvalue weighted by Gasteiger charge is -2.24. The van der Waals surface area contributed by atoms with Crippen molar-refractivity contribution < 1.29 is 0 Å². The topological polar surface area (TPSA) is 29.3 Å². The molecule has 2 N–H and O–H groups in total. The van der Waals surface area contributed by atoms with Crippen LogP contribution < -0.4 is 10.6 Å². The van der Waals surface area contributed by atoms with Gasteiger partial charge in [-0.1, -0.05) is 48.1 Å². The monoisotopic (exact) mass is 316 g/mol. The van der Waals surface area contributed by atoms with Crippen molar-refractivity contribution >= 4 is 34.5 Å². The van der Waals surface area contributed by atoms with E-state index in [0.29, 0.717) is 10.0 Å². The molecule has 1 heterocycles. The first-order valence-corrected chi connectivity index (χ1v) is 7.85. The van der Waals surface area contributed by atoms with Crippen molar-refractivity contribution in [1.29, 1.82) is 0 Å². The number of thiocarbonyl (C=S) groups is 1. The maximum Gasteiger partial charge on any atom is 0.105 e. The van der Waals surface area contributed by atoms with Crippen LogP contribution in [0.1, 0.15) is 23.1 Å². The summed E-state index contributed by atoms with van der Waals surface area (Å²) in [6.45, 7) is 1.94. The number of aryl methyl sites for hydroxylation is 1. The Hall–Kier alpha value is -1.58. The van der Waals surface area contributed by atoms with Gasteiger partial charge in [0.05, 0.1) is 5.02 Å². The largest absolute Gasteiger partial charge is 0.389 e. The zero-order valence-corrected chi connectivity index (χ0v) is 13.3. The fourth-order valence-corrected chi connectivity index (χ4v) is 3.33. The Morgan fingerprint density at radius 2 is 1.90 bits per heavy atom. The normalized spacial score (nSPS) is 14.4. The van der Waals surface area contributed by atoms with E-state index in [2.05, 4.69) is 29.2 Å². The number of anilines is 1. The van der Waals surface area contributed by atoms with Gasteiger partial charge < -0.3 is 10.6 Å². The number of nitrogens with zero attached hydrogens (tertiary/aromatic N) is 1. The Morgan fingerprint density at radius 1 is 1.14 bits per heavy atom. The van der Waals surface area contributed by atoms with E-state index in [0.717, 1.165) is 37.2 Å². The molecule has 108 valence electrons. The van der Waals surface area contributed by atoms with E-state index in [9.17, 15) is 0 Å². The third-order valence-electron chi connectivity index (χ3n) is 3.94. The summed E-state index contributed by atoms with van der Waals surface area (Å²) in [4.78, 5) is 2.70. The van der Waals surface area contributed by atoms with Crippen molar-refractivity contribution in [1.82, 2.24) is 0 Å². The molecule has 1 aliphatic heterocycles. The Kier molecular flexibility index (Phi) is 4.13. The second-order valence-corrected chi connectivity index (χ2v) is 6.17. The van der Waals surface area contributed by atoms with Gasteiger partial charge in [0.2, 0.25) is 0 Å². The van der Waals surface area contributed by atoms with Gasteiger partial charge in [-0.3, -0.25) is 0 Å². The summed E-state index contributed by atoms with van der Waals surface area (Å²) in [7, 11) is 0. The number of nitrogens with two attached hydrogens (primary N) is 1. The van der Waals surface area contributed by atoms with Gasteiger partial charge in [-0.2, -0.15) is 0 Å². The molecule has 2 aromatic carbocycles. The Labute approximate surface area is 135 Å². The number of hydrogen-bond donors (Lipinski definition) is 1. The molecule has 3 rings (SSSR count). The van der Waals surface area contributed by atoms with Crippen molar-refractivity contribution in [3.8, 4) is 0 Å². The minimum atomic E-state index is 0.341. The molecule has 0 amide bonds. The minimum Gasteiger partial charge on any atom is -0.389 e. The Morgan fingerprint density at radius 3 is 2.62 bits per heavy atom. The van der Waals surface area contributed by atoms with E-state index in [4.69, 9.17) is 29.6 Å². The highest BCUT2D eigenvalue weighted by atomic mass is 35.5. The third kappa shape index (κ3) is 3.04. The molecule has 2 nitrogen and oxygen atoms in total. The molecule has 0 fully saturated rings. The summed E-state index contributed by atoms with van der Waals surface area (Å²) in [5.74, 6) is 0. The van der Waals surface area contributed by atoms with Crippen molar-refractivity contribution in [2.45, 2.75) is 19.4 Å². The maximum absolute atomic E-state index is 6.29. The lowest BCUT2D eigenvalue weighted by molar-refractivity contribution is 0.766. The molecule has 0 spiro atoms. The summed E-state index contributed by atoms with van der Waals surface area (Å²) in [6.07, 6.45) is 2.27. The molecule has 2 aromatic rings. The van der Waals surface area contributed by atoms with Crippen LogP contribution in [-0.2, 0) is 13.0 Å². The number of benzene rings is 2. The van der Waals surface area contributed by atoms with Crippen molar-refractivity contribution in [3.05, 3.63) is 64.2 Å². The SMILES string of the molecule is NC(=S)c1ccc(N2CCCc3ccccc3C2)cc1Cl. The summed E-state index contributed by atoms with van der Waals surface area (Å²) in [5.41, 5.74) is 10.4. The van der Waals surface area contributed by atoms with Gasteiger partial charge >= 0.3 is 0 Å². The molecular formula is C17H17ClN2S. The number of halogens is 1. The molecule has 0 aromatic heterocycles. The van der Waals surface area contributed by atoms with Gasteiger partial charge in [0, 0.05) is 24.3 Å². The molecule has 0 atom stereocenters. The predicted molar refractivity (Wildman–Crippen MR) is 93.2 cm³/mol. The van der Waals surface area contributed by atoms with Crippen molar-refractivity contribution in [2.24, 2.45) is 5.73 Å². The van der Waals surface area contributed by atoms with Crippen LogP contribution in [0.15, 0.2) is 42.5 Å². The quantitative estimate of drug-likeness (QED) is 0.851. The summed E-state index contributed by atoms with van der Waals surface area (Å²) >= 11 is 11.3. The van der Waals surface area contributed by atoms with Gasteiger partial charge in [-0.15, -0.1) is 0 Å². The van der Waals surface area contributed by atoms with Gasteiger partial charge in [-0.25, -0.2) is 0 Å². The lowest BCUT2D eigenvalue weighted by atomic mass is 10.0. The van der Waals surface area contributed by atoms with Crippen LogP contribution in [0.2, 0.25) is 5.02 Å². The molecular weight excluding hydrogens is 300 g/mol. The second-order valence-electron chi connectivity index (χ2n) is 5.32. The fraction of sp³-hybridized carbons (Fsp3) is 0.235. The first-order chi connectivity index (χ1) is 10.1. The van der Waals surface area contributed by atoms with Gasteiger partial charge in [0.1, 0.15) is 4.99 Å². The predicted octanol–water partition coefficient (Wildman–Crippen LogP) is 3.93. The zero-order chi connectivity index (χ0) is 14.8. The first-order valence-electron chi connectivity index (χ1n) is 7.06. The van der Waals surface area contributed by atoms with E-state index in [-0.39, 0.29) is 0 Å². The Bertz CT molecular complexity index is 684. The molecule has 0 bridgehead atoms. The highest BCUT2D eigenvalue weighted by Crippen LogP contribution is 2.27. The molecule has 0 radical (unpaired) electrons. The standard InChI is InChI=1S/C17H17ClN2S/c18-16-10-14(7-8-15(16)17(19)21)20-9-3-6-12-4-1-2-5-13(12)11-20/h1-2,4-5,7-8,10H,3,6,9,11H2,(H2,19,21). The summed E-state index contributed by atoms with van der Waals surface area (Å²) in [6, 6.07) is 14.6. The highest BCUT2D eigenvalue weighted by molar-refractivity contribution is 7.80. The van der Waals surface area contributed by atoms with Crippen LogP contribution in [0, 0.1) is 0 Å². The zero-order valence-electron chi connectivity index (χ0n) is 11.7. The summed E-state index contributed by atoms with van der Waals surface area (Å²) < 4.78 is 0. The van der Waals surface area contributed by atoms with Crippen LogP contribution >= 0.6 is 23.8 Å². The fourth-order valence-electron chi connectivity index (χ4n) is 2.82. The molecule has 0 unspecified atom stereocenters. The maximum atomic E-state index is 6.29. The highest BCUT2D eigenvalue weighted by Gasteiger charge is 2.15. The number of rotatable bonds is 2. The average molecular weight is 317 g/mol. The van der Waals surface area contributed by atoms with Gasteiger partial charge in [0.15, 0.2) is 0 Å². The third-order valence-corrected chi connectivity index (χ3v) is 4.47. The van der Waals surface area contributed by atoms with Gasteiger partial charge in [0.25, 0.3) is 0 Å². The van der Waals surface area contributed by atoms with E-state index in [1.165, 1.54) is 11.1 Å². The van der Waals surface area contributed by atoms with Crippen LogP contribution in [0.5, 0.6) is 0 Å². The van der Waals surface area contributed by atoms with E-state index < -0.39 is 0 Å². The van der Waals surface area contributed by atoms with E-state index in [1.54, 1.807) is 0 Å². The van der Waals surface area contributed by atoms with E-state index >= 15 is 0 Å². The minimum absolute atomic E-state index is 0.341. The molecule has 4 heteroatoms. The van der Waals surface area contributed by atoms with Crippen LogP contribution in [0.3, 0.4) is 0 Å². The van der Waals surface area contributed by atoms with Crippen LogP contribution in [0.25, 0.3) is 0 Å². The van der Waals surface area contributed by atoms with Crippen molar-refractivity contribution in [3.63, 3.8) is 0 Å². The molecule has 0 aliphatic carbocycles. The summed E-state index contributed by atoms with van der Waals surface area (Å²) in [5, 5.41) is 0.623. The number of hydrogen-bond acceptors (Lipinski definition) is 2. The molecule has 0 saturated heterocycles. The van der Waals surface area contributed by atoms with E-state index in [1.807, 2.05) is 18.2 Å². The molecule has 21 heavy (non-hydrogen) atoms.